The number of aryl methyl sites for hydroxylation is 2. The number of amidine groups is 1. The largest absolute Gasteiger partial charge is 0.409 e. The lowest BCUT2D eigenvalue weighted by molar-refractivity contribution is 0.318. The van der Waals surface area contributed by atoms with E-state index in [0.717, 1.165) is 5.03 Å². The maximum atomic E-state index is 8.80. The number of aromatic nitrogens is 4. The van der Waals surface area contributed by atoms with Crippen LogP contribution in [0.25, 0.3) is 0 Å². The zero-order chi connectivity index (χ0) is 13.1. The lowest BCUT2D eigenvalue weighted by Gasteiger charge is -2.04. The molecule has 0 saturated carbocycles. The van der Waals surface area contributed by atoms with E-state index in [-0.39, 0.29) is 5.84 Å². The number of nitrogens with two attached hydrogens (primary N) is 1. The second-order valence-electron chi connectivity index (χ2n) is 3.52. The zero-order valence-corrected chi connectivity index (χ0v) is 10.7. The van der Waals surface area contributed by atoms with E-state index in [1.54, 1.807) is 37.2 Å². The smallest absolute Gasteiger partial charge is 0.174 e. The van der Waals surface area contributed by atoms with Crippen molar-refractivity contribution in [1.82, 2.24) is 19.7 Å². The SMILES string of the molecule is Cc1nn(C)c(Sc2cnccn2)c1C(N)=NO. The van der Waals surface area contributed by atoms with Gasteiger partial charge >= 0.3 is 0 Å². The van der Waals surface area contributed by atoms with Crippen molar-refractivity contribution in [2.75, 3.05) is 0 Å². The fourth-order valence-electron chi connectivity index (χ4n) is 1.54. The van der Waals surface area contributed by atoms with Gasteiger partial charge in [-0.15, -0.1) is 0 Å². The van der Waals surface area contributed by atoms with Crippen molar-refractivity contribution in [3.8, 4) is 0 Å². The van der Waals surface area contributed by atoms with E-state index in [1.807, 2.05) is 0 Å². The Bertz CT molecular complexity index is 580. The maximum Gasteiger partial charge on any atom is 0.174 e. The van der Waals surface area contributed by atoms with Crippen LogP contribution in [-0.2, 0) is 7.05 Å². The standard InChI is InChI=1S/C10H12N6OS/c1-6-8(9(11)15-17)10(16(2)14-6)18-7-5-12-3-4-13-7/h3-5,17H,1-2H3,(H2,11,15). The molecule has 0 radical (unpaired) electrons. The minimum atomic E-state index is 0.0343. The molecule has 0 atom stereocenters. The molecule has 18 heavy (non-hydrogen) atoms. The van der Waals surface area contributed by atoms with Gasteiger partial charge in [0.25, 0.3) is 0 Å². The van der Waals surface area contributed by atoms with Crippen LogP contribution in [0.4, 0.5) is 0 Å². The van der Waals surface area contributed by atoms with Crippen LogP contribution in [0.3, 0.4) is 0 Å². The molecule has 2 aromatic rings. The molecule has 0 aromatic carbocycles. The van der Waals surface area contributed by atoms with Gasteiger partial charge in [-0.3, -0.25) is 9.67 Å². The number of hydrogen-bond acceptors (Lipinski definition) is 6. The summed E-state index contributed by atoms with van der Waals surface area (Å²) in [4.78, 5) is 8.15. The minimum Gasteiger partial charge on any atom is -0.409 e. The molecule has 3 N–H and O–H groups in total. The van der Waals surface area contributed by atoms with Gasteiger partial charge in [0, 0.05) is 19.4 Å². The lowest BCUT2D eigenvalue weighted by Crippen LogP contribution is -2.15. The van der Waals surface area contributed by atoms with Crippen LogP contribution < -0.4 is 5.73 Å². The molecule has 0 aliphatic heterocycles. The van der Waals surface area contributed by atoms with E-state index in [4.69, 9.17) is 10.9 Å². The molecule has 7 nitrogen and oxygen atoms in total. The predicted octanol–water partition coefficient (Wildman–Crippen LogP) is 0.764. The van der Waals surface area contributed by atoms with E-state index < -0.39 is 0 Å². The Hall–Kier alpha value is -2.09. The fraction of sp³-hybridized carbons (Fsp3) is 0.200. The highest BCUT2D eigenvalue weighted by Crippen LogP contribution is 2.29. The molecule has 2 aromatic heterocycles. The highest BCUT2D eigenvalue weighted by Gasteiger charge is 2.18. The van der Waals surface area contributed by atoms with Gasteiger partial charge in [0.1, 0.15) is 10.1 Å². The monoisotopic (exact) mass is 264 g/mol. The Morgan fingerprint density at radius 2 is 2.28 bits per heavy atom. The predicted molar refractivity (Wildman–Crippen MR) is 66.6 cm³/mol. The third-order valence-electron chi connectivity index (χ3n) is 2.27. The number of hydrogen-bond donors (Lipinski definition) is 2. The maximum absolute atomic E-state index is 8.80. The van der Waals surface area contributed by atoms with Crippen LogP contribution in [0.5, 0.6) is 0 Å². The summed E-state index contributed by atoms with van der Waals surface area (Å²) >= 11 is 1.36. The second kappa shape index (κ2) is 5.05. The third kappa shape index (κ3) is 2.28. The molecule has 0 amide bonds. The van der Waals surface area contributed by atoms with E-state index in [0.29, 0.717) is 16.3 Å². The molecule has 0 fully saturated rings. The van der Waals surface area contributed by atoms with Crippen LogP contribution in [-0.4, -0.2) is 30.8 Å². The molecule has 0 bridgehead atoms. The zero-order valence-electron chi connectivity index (χ0n) is 9.90. The molecule has 8 heteroatoms. The normalized spacial score (nSPS) is 11.8. The first-order chi connectivity index (χ1) is 8.63. The van der Waals surface area contributed by atoms with Gasteiger partial charge in [-0.1, -0.05) is 5.16 Å². The first kappa shape index (κ1) is 12.4. The second-order valence-corrected chi connectivity index (χ2v) is 4.53. The summed E-state index contributed by atoms with van der Waals surface area (Å²) in [5.41, 5.74) is 6.96. The highest BCUT2D eigenvalue weighted by molar-refractivity contribution is 7.99. The van der Waals surface area contributed by atoms with E-state index >= 15 is 0 Å². The molecule has 0 spiro atoms. The molecule has 0 saturated heterocycles. The molecule has 2 heterocycles. The van der Waals surface area contributed by atoms with Crippen molar-refractivity contribution in [2.24, 2.45) is 17.9 Å². The number of rotatable bonds is 3. The highest BCUT2D eigenvalue weighted by atomic mass is 32.2. The van der Waals surface area contributed by atoms with E-state index in [1.165, 1.54) is 11.8 Å². The first-order valence-electron chi connectivity index (χ1n) is 5.09. The molecule has 0 aliphatic carbocycles. The summed E-state index contributed by atoms with van der Waals surface area (Å²) in [6, 6.07) is 0. The quantitative estimate of drug-likeness (QED) is 0.367. The van der Waals surface area contributed by atoms with Crippen LogP contribution in [0.1, 0.15) is 11.3 Å². The summed E-state index contributed by atoms with van der Waals surface area (Å²) in [5, 5.41) is 17.5. The van der Waals surface area contributed by atoms with Gasteiger partial charge in [0.15, 0.2) is 5.84 Å². The van der Waals surface area contributed by atoms with Crippen LogP contribution in [0, 0.1) is 6.92 Å². The molecule has 0 aliphatic rings. The van der Waals surface area contributed by atoms with Gasteiger partial charge in [-0.25, -0.2) is 4.98 Å². The van der Waals surface area contributed by atoms with Crippen molar-refractivity contribution in [1.29, 1.82) is 0 Å². The van der Waals surface area contributed by atoms with Gasteiger partial charge in [0.2, 0.25) is 0 Å². The van der Waals surface area contributed by atoms with Crippen molar-refractivity contribution in [2.45, 2.75) is 17.0 Å². The number of oxime groups is 1. The lowest BCUT2D eigenvalue weighted by atomic mass is 10.2. The molecule has 0 unspecified atom stereocenters. The first-order valence-corrected chi connectivity index (χ1v) is 5.90. The Kier molecular flexibility index (Phi) is 3.47. The van der Waals surface area contributed by atoms with Crippen LogP contribution in [0.2, 0.25) is 0 Å². The Morgan fingerprint density at radius 1 is 1.50 bits per heavy atom. The van der Waals surface area contributed by atoms with Gasteiger partial charge in [0.05, 0.1) is 17.5 Å². The molecular formula is C10H12N6OS. The average molecular weight is 264 g/mol. The van der Waals surface area contributed by atoms with Crippen LogP contribution in [0.15, 0.2) is 33.8 Å². The van der Waals surface area contributed by atoms with Gasteiger partial charge in [-0.05, 0) is 18.7 Å². The third-order valence-corrected chi connectivity index (χ3v) is 3.36. The fourth-order valence-corrected chi connectivity index (χ4v) is 2.49. The van der Waals surface area contributed by atoms with E-state index in [9.17, 15) is 0 Å². The van der Waals surface area contributed by atoms with Crippen molar-refractivity contribution >= 4 is 17.6 Å². The summed E-state index contributed by atoms with van der Waals surface area (Å²) in [5.74, 6) is 0.0343. The Labute approximate surface area is 108 Å². The van der Waals surface area contributed by atoms with Crippen molar-refractivity contribution in [3.63, 3.8) is 0 Å². The topological polar surface area (TPSA) is 102 Å². The summed E-state index contributed by atoms with van der Waals surface area (Å²) in [6.07, 6.45) is 4.85. The number of nitrogens with zero attached hydrogens (tertiary/aromatic N) is 5. The molecule has 94 valence electrons. The summed E-state index contributed by atoms with van der Waals surface area (Å²) < 4.78 is 1.67. The minimum absolute atomic E-state index is 0.0343. The van der Waals surface area contributed by atoms with Crippen LogP contribution >= 0.6 is 11.8 Å². The Balaban J connectivity index is 2.45. The molecular weight excluding hydrogens is 252 g/mol. The van der Waals surface area contributed by atoms with Gasteiger partial charge in [-0.2, -0.15) is 5.10 Å². The van der Waals surface area contributed by atoms with Crippen molar-refractivity contribution in [3.05, 3.63) is 29.8 Å². The molecule has 2 rings (SSSR count). The Morgan fingerprint density at radius 3 is 2.89 bits per heavy atom. The summed E-state index contributed by atoms with van der Waals surface area (Å²) in [7, 11) is 1.79. The van der Waals surface area contributed by atoms with Gasteiger partial charge < -0.3 is 10.9 Å². The van der Waals surface area contributed by atoms with Crippen molar-refractivity contribution < 1.29 is 5.21 Å². The average Bonchev–Trinajstić information content (AvgIpc) is 2.65. The summed E-state index contributed by atoms with van der Waals surface area (Å²) in [6.45, 7) is 1.80. The van der Waals surface area contributed by atoms with E-state index in [2.05, 4.69) is 20.2 Å².